The molecule has 0 saturated carbocycles. The highest BCUT2D eigenvalue weighted by Crippen LogP contribution is 2.28. The predicted molar refractivity (Wildman–Crippen MR) is 82.3 cm³/mol. The number of nitrogen functional groups attached to an aromatic ring is 1. The second-order valence-electron chi connectivity index (χ2n) is 5.74. The fourth-order valence-electron chi connectivity index (χ4n) is 3.05. The summed E-state index contributed by atoms with van der Waals surface area (Å²) in [4.78, 5) is 2.52. The summed E-state index contributed by atoms with van der Waals surface area (Å²) in [6, 6.07) is 6.91. The Labute approximate surface area is 121 Å². The molecular formula is C16H25N3O. The Balaban J connectivity index is 2.26. The first kappa shape index (κ1) is 14.9. The van der Waals surface area contributed by atoms with Crippen molar-refractivity contribution in [2.24, 2.45) is 5.73 Å². The number of nitrogens with zero attached hydrogens (tertiary/aromatic N) is 1. The van der Waals surface area contributed by atoms with E-state index in [9.17, 15) is 0 Å². The van der Waals surface area contributed by atoms with Crippen LogP contribution in [0.2, 0.25) is 0 Å². The first-order valence-electron chi connectivity index (χ1n) is 7.30. The monoisotopic (exact) mass is 275 g/mol. The van der Waals surface area contributed by atoms with E-state index in [2.05, 4.69) is 18.7 Å². The highest BCUT2D eigenvalue weighted by Gasteiger charge is 2.25. The largest absolute Gasteiger partial charge is 0.496 e. The van der Waals surface area contributed by atoms with E-state index < -0.39 is 0 Å². The van der Waals surface area contributed by atoms with Crippen molar-refractivity contribution in [2.45, 2.75) is 51.7 Å². The molecule has 0 bridgehead atoms. The van der Waals surface area contributed by atoms with Crippen LogP contribution in [0.3, 0.4) is 0 Å². The lowest BCUT2D eigenvalue weighted by Gasteiger charge is -2.39. The molecule has 20 heavy (non-hydrogen) atoms. The molecule has 1 aliphatic heterocycles. The van der Waals surface area contributed by atoms with Crippen LogP contribution >= 0.6 is 0 Å². The zero-order valence-electron chi connectivity index (χ0n) is 12.6. The van der Waals surface area contributed by atoms with Crippen molar-refractivity contribution in [2.75, 3.05) is 7.11 Å². The molecule has 0 spiro atoms. The number of methoxy groups -OCH3 is 1. The number of rotatable bonds is 4. The minimum Gasteiger partial charge on any atom is -0.496 e. The number of benzene rings is 1. The summed E-state index contributed by atoms with van der Waals surface area (Å²) in [6.45, 7) is 5.43. The number of piperidine rings is 1. The Kier molecular flexibility index (Phi) is 4.65. The summed E-state index contributed by atoms with van der Waals surface area (Å²) in [6.07, 6.45) is 3.81. The van der Waals surface area contributed by atoms with Crippen molar-refractivity contribution in [3.8, 4) is 5.75 Å². The quantitative estimate of drug-likeness (QED) is 0.656. The van der Waals surface area contributed by atoms with Crippen LogP contribution in [0.1, 0.15) is 44.2 Å². The lowest BCUT2D eigenvalue weighted by molar-refractivity contribution is 0.0943. The number of ether oxygens (including phenoxy) is 1. The summed E-state index contributed by atoms with van der Waals surface area (Å²) < 4.78 is 5.45. The topological polar surface area (TPSA) is 62.3 Å². The van der Waals surface area contributed by atoms with Crippen LogP contribution in [0.4, 0.5) is 0 Å². The highest BCUT2D eigenvalue weighted by molar-refractivity contribution is 5.95. The van der Waals surface area contributed by atoms with E-state index in [4.69, 9.17) is 15.9 Å². The summed E-state index contributed by atoms with van der Waals surface area (Å²) >= 11 is 0. The van der Waals surface area contributed by atoms with E-state index in [0.29, 0.717) is 12.1 Å². The maximum absolute atomic E-state index is 7.58. The third-order valence-electron chi connectivity index (χ3n) is 4.32. The van der Waals surface area contributed by atoms with Gasteiger partial charge in [0.2, 0.25) is 0 Å². The third-order valence-corrected chi connectivity index (χ3v) is 4.32. The SMILES string of the molecule is COc1ccc(C(=N)N)cc1CN1C(C)CCCC1C. The van der Waals surface area contributed by atoms with Gasteiger partial charge in [0.1, 0.15) is 11.6 Å². The van der Waals surface area contributed by atoms with Gasteiger partial charge in [0.05, 0.1) is 7.11 Å². The lowest BCUT2D eigenvalue weighted by Crippen LogP contribution is -2.43. The van der Waals surface area contributed by atoms with Crippen molar-refractivity contribution < 1.29 is 4.74 Å². The van der Waals surface area contributed by atoms with E-state index in [1.807, 2.05) is 18.2 Å². The van der Waals surface area contributed by atoms with Crippen molar-refractivity contribution in [1.82, 2.24) is 4.90 Å². The molecule has 3 N–H and O–H groups in total. The molecule has 2 atom stereocenters. The average molecular weight is 275 g/mol. The van der Waals surface area contributed by atoms with Gasteiger partial charge in [0.25, 0.3) is 0 Å². The van der Waals surface area contributed by atoms with Crippen molar-refractivity contribution in [1.29, 1.82) is 5.41 Å². The van der Waals surface area contributed by atoms with Gasteiger partial charge in [0, 0.05) is 29.8 Å². The molecule has 1 heterocycles. The minimum atomic E-state index is 0.105. The highest BCUT2D eigenvalue weighted by atomic mass is 16.5. The fraction of sp³-hybridized carbons (Fsp3) is 0.562. The van der Waals surface area contributed by atoms with Gasteiger partial charge >= 0.3 is 0 Å². The normalized spacial score (nSPS) is 23.6. The molecule has 1 aromatic rings. The number of hydrogen-bond donors (Lipinski definition) is 2. The second kappa shape index (κ2) is 6.27. The Bertz CT molecular complexity index is 477. The summed E-state index contributed by atoms with van der Waals surface area (Å²) in [5, 5.41) is 7.58. The van der Waals surface area contributed by atoms with Crippen LogP contribution in [0, 0.1) is 5.41 Å². The molecule has 0 radical (unpaired) electrons. The third kappa shape index (κ3) is 3.12. The molecule has 1 saturated heterocycles. The standard InChI is InChI=1S/C16H25N3O/c1-11-5-4-6-12(2)19(11)10-14-9-13(16(17)18)7-8-15(14)20-3/h7-9,11-12H,4-6,10H2,1-3H3,(H3,17,18). The summed E-state index contributed by atoms with van der Waals surface area (Å²) in [5.74, 6) is 0.980. The maximum atomic E-state index is 7.58. The smallest absolute Gasteiger partial charge is 0.123 e. The maximum Gasteiger partial charge on any atom is 0.123 e. The van der Waals surface area contributed by atoms with Crippen molar-refractivity contribution >= 4 is 5.84 Å². The van der Waals surface area contributed by atoms with E-state index in [-0.39, 0.29) is 5.84 Å². The number of nitrogens with two attached hydrogens (primary N) is 1. The molecule has 1 aromatic carbocycles. The Morgan fingerprint density at radius 1 is 1.35 bits per heavy atom. The minimum absolute atomic E-state index is 0.105. The number of amidine groups is 1. The van der Waals surface area contributed by atoms with Gasteiger partial charge in [-0.25, -0.2) is 0 Å². The van der Waals surface area contributed by atoms with Crippen LogP contribution in [0.5, 0.6) is 5.75 Å². The van der Waals surface area contributed by atoms with E-state index in [1.165, 1.54) is 19.3 Å². The summed E-state index contributed by atoms with van der Waals surface area (Å²) in [7, 11) is 1.69. The molecular weight excluding hydrogens is 250 g/mol. The van der Waals surface area contributed by atoms with E-state index in [1.54, 1.807) is 7.11 Å². The van der Waals surface area contributed by atoms with Crippen molar-refractivity contribution in [3.05, 3.63) is 29.3 Å². The Morgan fingerprint density at radius 3 is 2.55 bits per heavy atom. The van der Waals surface area contributed by atoms with Gasteiger partial charge in [-0.05, 0) is 44.9 Å². The predicted octanol–water partition coefficient (Wildman–Crippen LogP) is 2.74. The summed E-state index contributed by atoms with van der Waals surface area (Å²) in [5.41, 5.74) is 7.46. The average Bonchev–Trinajstić information content (AvgIpc) is 2.42. The first-order chi connectivity index (χ1) is 9.52. The van der Waals surface area contributed by atoms with Gasteiger partial charge in [-0.2, -0.15) is 0 Å². The Hall–Kier alpha value is -1.55. The Morgan fingerprint density at radius 2 is 2.00 bits per heavy atom. The molecule has 1 fully saturated rings. The zero-order valence-corrected chi connectivity index (χ0v) is 12.6. The van der Waals surface area contributed by atoms with Crippen LogP contribution in [0.25, 0.3) is 0 Å². The molecule has 110 valence electrons. The molecule has 0 amide bonds. The van der Waals surface area contributed by atoms with Crippen LogP contribution in [-0.2, 0) is 6.54 Å². The number of nitrogens with one attached hydrogen (secondary N) is 1. The van der Waals surface area contributed by atoms with Crippen LogP contribution < -0.4 is 10.5 Å². The lowest BCUT2D eigenvalue weighted by atomic mass is 9.96. The molecule has 2 rings (SSSR count). The van der Waals surface area contributed by atoms with Crippen molar-refractivity contribution in [3.63, 3.8) is 0 Å². The molecule has 0 aromatic heterocycles. The molecule has 4 nitrogen and oxygen atoms in total. The number of hydrogen-bond acceptors (Lipinski definition) is 3. The van der Waals surface area contributed by atoms with Gasteiger partial charge in [-0.1, -0.05) is 6.42 Å². The van der Waals surface area contributed by atoms with Gasteiger partial charge in [-0.15, -0.1) is 0 Å². The molecule has 0 aliphatic carbocycles. The second-order valence-corrected chi connectivity index (χ2v) is 5.74. The van der Waals surface area contributed by atoms with Crippen LogP contribution in [0.15, 0.2) is 18.2 Å². The molecule has 1 aliphatic rings. The fourth-order valence-corrected chi connectivity index (χ4v) is 3.05. The first-order valence-corrected chi connectivity index (χ1v) is 7.30. The van der Waals surface area contributed by atoms with E-state index in [0.717, 1.165) is 23.4 Å². The van der Waals surface area contributed by atoms with Crippen LogP contribution in [-0.4, -0.2) is 29.9 Å². The molecule has 2 unspecified atom stereocenters. The van der Waals surface area contributed by atoms with Gasteiger partial charge < -0.3 is 10.5 Å². The number of likely N-dealkylation sites (tertiary alicyclic amines) is 1. The van der Waals surface area contributed by atoms with Gasteiger partial charge in [0.15, 0.2) is 0 Å². The molecule has 4 heteroatoms. The van der Waals surface area contributed by atoms with E-state index >= 15 is 0 Å². The zero-order chi connectivity index (χ0) is 14.7. The van der Waals surface area contributed by atoms with Gasteiger partial charge in [-0.3, -0.25) is 10.3 Å².